The predicted octanol–water partition coefficient (Wildman–Crippen LogP) is 2.04. The van der Waals surface area contributed by atoms with E-state index in [-0.39, 0.29) is 5.91 Å². The summed E-state index contributed by atoms with van der Waals surface area (Å²) in [5.41, 5.74) is 1.41. The van der Waals surface area contributed by atoms with Gasteiger partial charge in [-0.25, -0.2) is 4.98 Å². The molecule has 2 unspecified atom stereocenters. The zero-order valence-electron chi connectivity index (χ0n) is 10.4. The molecule has 1 aromatic heterocycles. The number of amides is 1. The molecular weight excluding hydrogens is 214 g/mol. The molecule has 1 saturated carbocycles. The number of carbonyl (C=O) groups excluding carboxylic acids is 1. The second kappa shape index (κ2) is 5.17. The second-order valence-corrected chi connectivity index (χ2v) is 4.55. The highest BCUT2D eigenvalue weighted by molar-refractivity contribution is 5.92. The Hall–Kier alpha value is -1.58. The maximum atomic E-state index is 11.9. The van der Waals surface area contributed by atoms with Gasteiger partial charge in [0, 0.05) is 13.1 Å². The van der Waals surface area contributed by atoms with Gasteiger partial charge in [0.05, 0.1) is 11.9 Å². The molecule has 4 nitrogen and oxygen atoms in total. The van der Waals surface area contributed by atoms with Gasteiger partial charge in [-0.15, -0.1) is 0 Å². The average molecular weight is 233 g/mol. The quantitative estimate of drug-likeness (QED) is 0.818. The molecule has 2 N–H and O–H groups in total. The van der Waals surface area contributed by atoms with Crippen LogP contribution in [0.1, 0.15) is 36.7 Å². The van der Waals surface area contributed by atoms with Gasteiger partial charge in [0.1, 0.15) is 5.69 Å². The molecule has 0 spiro atoms. The lowest BCUT2D eigenvalue weighted by Gasteiger charge is -2.04. The van der Waals surface area contributed by atoms with Crippen LogP contribution in [0.15, 0.2) is 18.3 Å². The first kappa shape index (κ1) is 11.9. The van der Waals surface area contributed by atoms with Gasteiger partial charge in [0.15, 0.2) is 0 Å². The molecule has 1 aliphatic rings. The lowest BCUT2D eigenvalue weighted by Crippen LogP contribution is -2.27. The molecule has 0 saturated heterocycles. The largest absolute Gasteiger partial charge is 0.387 e. The molecule has 1 amide bonds. The van der Waals surface area contributed by atoms with Gasteiger partial charge in [-0.05, 0) is 30.9 Å². The predicted molar refractivity (Wildman–Crippen MR) is 68.1 cm³/mol. The highest BCUT2D eigenvalue weighted by Gasteiger charge is 2.37. The third kappa shape index (κ3) is 2.96. The fraction of sp³-hybridized carbons (Fsp3) is 0.538. The fourth-order valence-corrected chi connectivity index (χ4v) is 2.03. The van der Waals surface area contributed by atoms with E-state index in [1.807, 2.05) is 13.1 Å². The highest BCUT2D eigenvalue weighted by Crippen LogP contribution is 2.34. The summed E-state index contributed by atoms with van der Waals surface area (Å²) in [6.45, 7) is 2.18. The summed E-state index contributed by atoms with van der Waals surface area (Å²) in [5, 5.41) is 6.00. The van der Waals surface area contributed by atoms with Crippen molar-refractivity contribution >= 4 is 11.6 Å². The number of nitrogens with one attached hydrogen (secondary N) is 2. The van der Waals surface area contributed by atoms with Crippen LogP contribution in [0, 0.1) is 5.92 Å². The summed E-state index contributed by atoms with van der Waals surface area (Å²) in [6.07, 6.45) is 5.18. The van der Waals surface area contributed by atoms with E-state index >= 15 is 0 Å². The molecule has 1 aliphatic carbocycles. The standard InChI is InChI=1S/C13H19N3O/c1-3-4-9-7-12(9)16-13(17)11-6-5-10(14-2)8-15-11/h5-6,8-9,12,14H,3-4,7H2,1-2H3,(H,16,17). The second-order valence-electron chi connectivity index (χ2n) is 4.55. The Balaban J connectivity index is 1.87. The van der Waals surface area contributed by atoms with Gasteiger partial charge in [-0.3, -0.25) is 4.79 Å². The van der Waals surface area contributed by atoms with Crippen LogP contribution in [-0.2, 0) is 0 Å². The van der Waals surface area contributed by atoms with E-state index in [2.05, 4.69) is 22.5 Å². The molecule has 4 heteroatoms. The Kier molecular flexibility index (Phi) is 3.61. The summed E-state index contributed by atoms with van der Waals surface area (Å²) in [5.74, 6) is 0.622. The Morgan fingerprint density at radius 3 is 2.94 bits per heavy atom. The number of aromatic nitrogens is 1. The first-order valence-corrected chi connectivity index (χ1v) is 6.19. The lowest BCUT2D eigenvalue weighted by atomic mass is 10.2. The van der Waals surface area contributed by atoms with Crippen molar-refractivity contribution in [2.45, 2.75) is 32.2 Å². The zero-order chi connectivity index (χ0) is 12.3. The van der Waals surface area contributed by atoms with Crippen molar-refractivity contribution in [3.05, 3.63) is 24.0 Å². The van der Waals surface area contributed by atoms with Crippen LogP contribution in [-0.4, -0.2) is 24.0 Å². The van der Waals surface area contributed by atoms with Crippen molar-refractivity contribution in [3.63, 3.8) is 0 Å². The smallest absolute Gasteiger partial charge is 0.270 e. The maximum Gasteiger partial charge on any atom is 0.270 e. The molecule has 0 aromatic carbocycles. The monoisotopic (exact) mass is 233 g/mol. The van der Waals surface area contributed by atoms with E-state index in [0.29, 0.717) is 17.7 Å². The number of carbonyl (C=O) groups is 1. The van der Waals surface area contributed by atoms with Gasteiger partial charge >= 0.3 is 0 Å². The van der Waals surface area contributed by atoms with Crippen LogP contribution >= 0.6 is 0 Å². The molecule has 0 radical (unpaired) electrons. The van der Waals surface area contributed by atoms with E-state index in [1.54, 1.807) is 12.3 Å². The Morgan fingerprint density at radius 2 is 2.35 bits per heavy atom. The Morgan fingerprint density at radius 1 is 1.53 bits per heavy atom. The molecule has 2 atom stereocenters. The van der Waals surface area contributed by atoms with E-state index in [9.17, 15) is 4.79 Å². The van der Waals surface area contributed by atoms with Crippen LogP contribution < -0.4 is 10.6 Å². The van der Waals surface area contributed by atoms with Gasteiger partial charge in [-0.2, -0.15) is 0 Å². The van der Waals surface area contributed by atoms with Crippen LogP contribution in [0.5, 0.6) is 0 Å². The van der Waals surface area contributed by atoms with Crippen molar-refractivity contribution in [3.8, 4) is 0 Å². The Bertz CT molecular complexity index is 388. The molecule has 17 heavy (non-hydrogen) atoms. The number of hydrogen-bond acceptors (Lipinski definition) is 3. The molecule has 0 bridgehead atoms. The van der Waals surface area contributed by atoms with E-state index in [4.69, 9.17) is 0 Å². The van der Waals surface area contributed by atoms with E-state index in [0.717, 1.165) is 12.1 Å². The number of pyridine rings is 1. The first-order valence-electron chi connectivity index (χ1n) is 6.19. The van der Waals surface area contributed by atoms with Crippen LogP contribution in [0.25, 0.3) is 0 Å². The molecule has 1 aromatic rings. The number of nitrogens with zero attached hydrogens (tertiary/aromatic N) is 1. The normalized spacial score (nSPS) is 22.0. The van der Waals surface area contributed by atoms with Crippen molar-refractivity contribution < 1.29 is 4.79 Å². The third-order valence-electron chi connectivity index (χ3n) is 3.18. The molecule has 0 aliphatic heterocycles. The van der Waals surface area contributed by atoms with Gasteiger partial charge in [0.25, 0.3) is 5.91 Å². The minimum atomic E-state index is -0.0590. The number of anilines is 1. The number of rotatable bonds is 5. The summed E-state index contributed by atoms with van der Waals surface area (Å²) in [6, 6.07) is 3.98. The molecule has 1 heterocycles. The molecular formula is C13H19N3O. The first-order chi connectivity index (χ1) is 8.24. The maximum absolute atomic E-state index is 11.9. The van der Waals surface area contributed by atoms with Crippen molar-refractivity contribution in [1.82, 2.24) is 10.3 Å². The zero-order valence-corrected chi connectivity index (χ0v) is 10.4. The minimum absolute atomic E-state index is 0.0590. The average Bonchev–Trinajstić information content (AvgIpc) is 3.08. The summed E-state index contributed by atoms with van der Waals surface area (Å²) in [4.78, 5) is 16.0. The third-order valence-corrected chi connectivity index (χ3v) is 3.18. The van der Waals surface area contributed by atoms with E-state index < -0.39 is 0 Å². The van der Waals surface area contributed by atoms with E-state index in [1.165, 1.54) is 12.8 Å². The fourth-order valence-electron chi connectivity index (χ4n) is 2.03. The lowest BCUT2D eigenvalue weighted by molar-refractivity contribution is 0.0944. The van der Waals surface area contributed by atoms with Crippen molar-refractivity contribution in [1.29, 1.82) is 0 Å². The number of hydrogen-bond donors (Lipinski definition) is 2. The van der Waals surface area contributed by atoms with Crippen LogP contribution in [0.4, 0.5) is 5.69 Å². The van der Waals surface area contributed by atoms with Gasteiger partial charge in [0.2, 0.25) is 0 Å². The van der Waals surface area contributed by atoms with Gasteiger partial charge in [-0.1, -0.05) is 13.3 Å². The SMILES string of the molecule is CCCC1CC1NC(=O)c1ccc(NC)cn1. The molecule has 2 rings (SSSR count). The van der Waals surface area contributed by atoms with Crippen LogP contribution in [0.2, 0.25) is 0 Å². The van der Waals surface area contributed by atoms with Crippen molar-refractivity contribution in [2.24, 2.45) is 5.92 Å². The topological polar surface area (TPSA) is 54.0 Å². The summed E-state index contributed by atoms with van der Waals surface area (Å²) in [7, 11) is 1.83. The van der Waals surface area contributed by atoms with Crippen molar-refractivity contribution in [2.75, 3.05) is 12.4 Å². The molecule has 92 valence electrons. The van der Waals surface area contributed by atoms with Gasteiger partial charge < -0.3 is 10.6 Å². The Labute approximate surface area is 102 Å². The highest BCUT2D eigenvalue weighted by atomic mass is 16.2. The summed E-state index contributed by atoms with van der Waals surface area (Å²) >= 11 is 0. The van der Waals surface area contributed by atoms with Crippen LogP contribution in [0.3, 0.4) is 0 Å². The molecule has 1 fully saturated rings. The minimum Gasteiger partial charge on any atom is -0.387 e. The summed E-state index contributed by atoms with van der Waals surface area (Å²) < 4.78 is 0.